The van der Waals surface area contributed by atoms with E-state index in [2.05, 4.69) is 5.32 Å². The van der Waals surface area contributed by atoms with Gasteiger partial charge in [0.15, 0.2) is 0 Å². The van der Waals surface area contributed by atoms with Crippen LogP contribution in [0.2, 0.25) is 0 Å². The number of carbonyl (C=O) groups excluding carboxylic acids is 1. The number of nitrogens with one attached hydrogen (secondary N) is 1. The Kier molecular flexibility index (Phi) is 6.45. The minimum atomic E-state index is -4.43. The molecule has 0 saturated carbocycles. The van der Waals surface area contributed by atoms with Crippen molar-refractivity contribution in [2.24, 2.45) is 0 Å². The molecule has 1 N–H and O–H groups in total. The summed E-state index contributed by atoms with van der Waals surface area (Å²) in [5.41, 5.74) is -0.731. The number of alkyl halides is 3. The monoisotopic (exact) mass is 329 g/mol. The summed E-state index contributed by atoms with van der Waals surface area (Å²) in [6, 6.07) is 5.19. The summed E-state index contributed by atoms with van der Waals surface area (Å²) in [4.78, 5) is 11.8. The third kappa shape index (κ3) is 5.86. The Hall–Kier alpha value is -1.56. The molecule has 1 saturated heterocycles. The highest BCUT2D eigenvalue weighted by molar-refractivity contribution is 5.78. The average molecular weight is 329 g/mol. The number of halogens is 3. The van der Waals surface area contributed by atoms with Gasteiger partial charge in [0, 0.05) is 13.2 Å². The zero-order valence-electron chi connectivity index (χ0n) is 13.0. The number of hydrogen-bond acceptors (Lipinski definition) is 2. The third-order valence-electron chi connectivity index (χ3n) is 3.97. The molecule has 128 valence electrons. The van der Waals surface area contributed by atoms with Gasteiger partial charge >= 0.3 is 6.18 Å². The summed E-state index contributed by atoms with van der Waals surface area (Å²) in [5.74, 6) is -0.376. The van der Waals surface area contributed by atoms with E-state index in [4.69, 9.17) is 4.74 Å². The van der Waals surface area contributed by atoms with E-state index in [9.17, 15) is 18.0 Å². The Bertz CT molecular complexity index is 511. The van der Waals surface area contributed by atoms with Crippen LogP contribution in [0.5, 0.6) is 0 Å². The molecule has 0 radical (unpaired) electrons. The lowest BCUT2D eigenvalue weighted by Gasteiger charge is -2.13. The molecule has 23 heavy (non-hydrogen) atoms. The fourth-order valence-corrected chi connectivity index (χ4v) is 2.78. The van der Waals surface area contributed by atoms with Crippen molar-refractivity contribution >= 4 is 5.91 Å². The minimum absolute atomic E-state index is 0.0110. The van der Waals surface area contributed by atoms with E-state index >= 15 is 0 Å². The van der Waals surface area contributed by atoms with Gasteiger partial charge in [-0.05, 0) is 43.7 Å². The van der Waals surface area contributed by atoms with E-state index in [1.54, 1.807) is 0 Å². The van der Waals surface area contributed by atoms with Gasteiger partial charge in [-0.3, -0.25) is 4.79 Å². The summed E-state index contributed by atoms with van der Waals surface area (Å²) in [6.07, 6.45) is 0.605. The van der Waals surface area contributed by atoms with Gasteiger partial charge in [0.1, 0.15) is 0 Å². The SMILES string of the molecule is O=C(Cc1ccccc1C(F)(F)F)NCCCC[C@@H]1CCCO1. The molecule has 2 rings (SSSR count). The van der Waals surface area contributed by atoms with Crippen LogP contribution in [-0.4, -0.2) is 25.2 Å². The van der Waals surface area contributed by atoms with Crippen molar-refractivity contribution in [2.45, 2.75) is 50.8 Å². The number of rotatable bonds is 7. The Morgan fingerprint density at radius 3 is 2.74 bits per heavy atom. The number of amides is 1. The van der Waals surface area contributed by atoms with Crippen molar-refractivity contribution in [3.63, 3.8) is 0 Å². The minimum Gasteiger partial charge on any atom is -0.378 e. The molecular weight excluding hydrogens is 307 g/mol. The third-order valence-corrected chi connectivity index (χ3v) is 3.97. The molecule has 1 fully saturated rings. The van der Waals surface area contributed by atoms with E-state index in [1.807, 2.05) is 0 Å². The quantitative estimate of drug-likeness (QED) is 0.775. The number of carbonyl (C=O) groups is 1. The average Bonchev–Trinajstić information content (AvgIpc) is 2.99. The molecule has 1 heterocycles. The molecule has 0 aromatic heterocycles. The van der Waals surface area contributed by atoms with Crippen molar-refractivity contribution in [3.8, 4) is 0 Å². The molecule has 0 bridgehead atoms. The van der Waals surface area contributed by atoms with Crippen LogP contribution in [0, 0.1) is 0 Å². The highest BCUT2D eigenvalue weighted by Crippen LogP contribution is 2.31. The zero-order chi connectivity index (χ0) is 16.7. The molecule has 1 aliphatic rings. The topological polar surface area (TPSA) is 38.3 Å². The highest BCUT2D eigenvalue weighted by atomic mass is 19.4. The molecule has 1 aliphatic heterocycles. The van der Waals surface area contributed by atoms with Gasteiger partial charge in [0.05, 0.1) is 18.1 Å². The molecule has 1 atom stereocenters. The van der Waals surface area contributed by atoms with E-state index in [1.165, 1.54) is 18.2 Å². The van der Waals surface area contributed by atoms with Gasteiger partial charge in [-0.1, -0.05) is 18.2 Å². The second-order valence-electron chi connectivity index (χ2n) is 5.81. The molecule has 1 amide bonds. The molecule has 6 heteroatoms. The molecule has 1 aromatic rings. The van der Waals surface area contributed by atoms with Crippen molar-refractivity contribution < 1.29 is 22.7 Å². The van der Waals surface area contributed by atoms with E-state index < -0.39 is 11.7 Å². The van der Waals surface area contributed by atoms with Crippen LogP contribution < -0.4 is 5.32 Å². The van der Waals surface area contributed by atoms with Crippen molar-refractivity contribution in [1.29, 1.82) is 0 Å². The Labute approximate surface area is 134 Å². The van der Waals surface area contributed by atoms with Gasteiger partial charge < -0.3 is 10.1 Å². The lowest BCUT2D eigenvalue weighted by molar-refractivity contribution is -0.138. The Morgan fingerprint density at radius 1 is 1.26 bits per heavy atom. The van der Waals surface area contributed by atoms with Gasteiger partial charge in [-0.2, -0.15) is 13.2 Å². The van der Waals surface area contributed by atoms with Crippen molar-refractivity contribution in [1.82, 2.24) is 5.32 Å². The second-order valence-corrected chi connectivity index (χ2v) is 5.81. The normalized spacial score (nSPS) is 18.1. The lowest BCUT2D eigenvalue weighted by Crippen LogP contribution is -2.27. The number of benzene rings is 1. The summed E-state index contributed by atoms with van der Waals surface area (Å²) in [6.45, 7) is 1.32. The standard InChI is InChI=1S/C17H22F3NO2/c18-17(19,20)15-9-2-1-6-13(15)12-16(22)21-10-4-3-7-14-8-5-11-23-14/h1-2,6,9,14H,3-5,7-8,10-12H2,(H,21,22)/t14-/m1/s1. The first kappa shape index (κ1) is 17.8. The zero-order valence-corrected chi connectivity index (χ0v) is 13.0. The van der Waals surface area contributed by atoms with Gasteiger partial charge in [-0.15, -0.1) is 0 Å². The number of hydrogen-bond donors (Lipinski definition) is 1. The molecular formula is C17H22F3NO2. The van der Waals surface area contributed by atoms with Crippen molar-refractivity contribution in [2.75, 3.05) is 13.2 Å². The maximum absolute atomic E-state index is 12.9. The molecule has 0 unspecified atom stereocenters. The number of unbranched alkanes of at least 4 members (excludes halogenated alkanes) is 1. The fourth-order valence-electron chi connectivity index (χ4n) is 2.78. The lowest BCUT2D eigenvalue weighted by atomic mass is 10.0. The number of ether oxygens (including phenoxy) is 1. The van der Waals surface area contributed by atoms with E-state index in [0.717, 1.165) is 44.8 Å². The summed E-state index contributed by atoms with van der Waals surface area (Å²) < 4.78 is 44.1. The first-order chi connectivity index (χ1) is 11.0. The van der Waals surface area contributed by atoms with E-state index in [-0.39, 0.29) is 17.9 Å². The summed E-state index contributed by atoms with van der Waals surface area (Å²) in [7, 11) is 0. The van der Waals surface area contributed by atoms with Crippen LogP contribution in [0.4, 0.5) is 13.2 Å². The van der Waals surface area contributed by atoms with Gasteiger partial charge in [0.25, 0.3) is 0 Å². The highest BCUT2D eigenvalue weighted by Gasteiger charge is 2.33. The van der Waals surface area contributed by atoms with Crippen LogP contribution in [0.25, 0.3) is 0 Å². The molecule has 0 aliphatic carbocycles. The summed E-state index contributed by atoms with van der Waals surface area (Å²) in [5, 5.41) is 2.69. The van der Waals surface area contributed by atoms with Crippen LogP contribution in [-0.2, 0) is 22.1 Å². The molecule has 0 spiro atoms. The Balaban J connectivity index is 1.70. The maximum atomic E-state index is 12.9. The summed E-state index contributed by atoms with van der Waals surface area (Å²) >= 11 is 0. The predicted molar refractivity (Wildman–Crippen MR) is 81.0 cm³/mol. The van der Waals surface area contributed by atoms with Gasteiger partial charge in [0.2, 0.25) is 5.91 Å². The van der Waals surface area contributed by atoms with Gasteiger partial charge in [-0.25, -0.2) is 0 Å². The Morgan fingerprint density at radius 2 is 2.04 bits per heavy atom. The largest absolute Gasteiger partial charge is 0.416 e. The van der Waals surface area contributed by atoms with Crippen LogP contribution in [0.3, 0.4) is 0 Å². The predicted octanol–water partition coefficient (Wildman–Crippen LogP) is 3.71. The molecule has 3 nitrogen and oxygen atoms in total. The maximum Gasteiger partial charge on any atom is 0.416 e. The first-order valence-electron chi connectivity index (χ1n) is 8.00. The smallest absolute Gasteiger partial charge is 0.378 e. The van der Waals surface area contributed by atoms with E-state index in [0.29, 0.717) is 12.6 Å². The first-order valence-corrected chi connectivity index (χ1v) is 8.00. The molecule has 1 aromatic carbocycles. The fraction of sp³-hybridized carbons (Fsp3) is 0.588. The van der Waals surface area contributed by atoms with Crippen LogP contribution in [0.1, 0.15) is 43.2 Å². The second kappa shape index (κ2) is 8.34. The van der Waals surface area contributed by atoms with Crippen LogP contribution >= 0.6 is 0 Å². The van der Waals surface area contributed by atoms with Crippen LogP contribution in [0.15, 0.2) is 24.3 Å². The van der Waals surface area contributed by atoms with Crippen molar-refractivity contribution in [3.05, 3.63) is 35.4 Å².